The van der Waals surface area contributed by atoms with E-state index in [4.69, 9.17) is 4.42 Å². The topological polar surface area (TPSA) is 77.1 Å². The van der Waals surface area contributed by atoms with Crippen LogP contribution in [0.25, 0.3) is 11.1 Å². The Balaban J connectivity index is 1.68. The van der Waals surface area contributed by atoms with Crippen molar-refractivity contribution >= 4 is 22.7 Å². The number of nitrogens with zero attached hydrogens (tertiary/aromatic N) is 2. The molecule has 140 valence electrons. The van der Waals surface area contributed by atoms with Gasteiger partial charge in [-0.2, -0.15) is 0 Å². The Bertz CT molecular complexity index is 1120. The molecule has 2 aromatic heterocycles. The predicted octanol–water partition coefficient (Wildman–Crippen LogP) is 3.60. The van der Waals surface area contributed by atoms with E-state index < -0.39 is 5.91 Å². The van der Waals surface area contributed by atoms with E-state index in [2.05, 4.69) is 24.1 Å². The Labute approximate surface area is 157 Å². The first-order valence-electron chi connectivity index (χ1n) is 9.14. The number of rotatable bonds is 2. The van der Waals surface area contributed by atoms with Gasteiger partial charge < -0.3 is 14.3 Å². The molecule has 1 aliphatic carbocycles. The molecule has 0 aliphatic heterocycles. The van der Waals surface area contributed by atoms with E-state index in [1.54, 1.807) is 42.8 Å². The number of nitrogens with one attached hydrogen (secondary N) is 1. The van der Waals surface area contributed by atoms with Gasteiger partial charge in [0.05, 0.1) is 0 Å². The minimum absolute atomic E-state index is 0.169. The predicted molar refractivity (Wildman–Crippen MR) is 104 cm³/mol. The zero-order valence-electron chi connectivity index (χ0n) is 16.0. The number of anilines is 1. The Kier molecular flexibility index (Phi) is 3.94. The van der Waals surface area contributed by atoms with Crippen LogP contribution in [-0.4, -0.2) is 15.5 Å². The van der Waals surface area contributed by atoms with Crippen LogP contribution in [0.15, 0.2) is 33.5 Å². The molecule has 6 heteroatoms. The van der Waals surface area contributed by atoms with Gasteiger partial charge in [0.25, 0.3) is 11.5 Å². The number of carbonyl (C=O) groups excluding carboxylic acids is 1. The van der Waals surface area contributed by atoms with Gasteiger partial charge in [0, 0.05) is 31.4 Å². The van der Waals surface area contributed by atoms with Crippen molar-refractivity contribution in [2.75, 3.05) is 5.32 Å². The van der Waals surface area contributed by atoms with Crippen molar-refractivity contribution in [1.82, 2.24) is 9.55 Å². The zero-order valence-corrected chi connectivity index (χ0v) is 16.0. The average Bonchev–Trinajstić information content (AvgIpc) is 2.96. The van der Waals surface area contributed by atoms with E-state index >= 15 is 0 Å². The molecule has 1 aromatic carbocycles. The van der Waals surface area contributed by atoms with E-state index in [0.717, 1.165) is 36.0 Å². The maximum atomic E-state index is 12.8. The van der Waals surface area contributed by atoms with Gasteiger partial charge in [0.1, 0.15) is 11.1 Å². The SMILES string of the molecule is Cc1nc2ccc(NC(=O)c3cc4c(n(C)c3=O)CCC(C)(C)C4)cc2o1. The molecule has 0 radical (unpaired) electrons. The molecule has 3 aromatic rings. The first-order chi connectivity index (χ1) is 12.7. The van der Waals surface area contributed by atoms with Crippen LogP contribution in [-0.2, 0) is 19.9 Å². The van der Waals surface area contributed by atoms with Crippen LogP contribution in [0, 0.1) is 12.3 Å². The molecule has 0 unspecified atom stereocenters. The summed E-state index contributed by atoms with van der Waals surface area (Å²) in [6.45, 7) is 6.21. The van der Waals surface area contributed by atoms with E-state index in [0.29, 0.717) is 17.2 Å². The lowest BCUT2D eigenvalue weighted by molar-refractivity contribution is 0.102. The fraction of sp³-hybridized carbons (Fsp3) is 0.381. The number of oxazole rings is 1. The number of carbonyl (C=O) groups is 1. The Morgan fingerprint density at radius 2 is 2.07 bits per heavy atom. The Hall–Kier alpha value is -2.89. The molecule has 2 heterocycles. The monoisotopic (exact) mass is 365 g/mol. The van der Waals surface area contributed by atoms with Crippen molar-refractivity contribution in [3.63, 3.8) is 0 Å². The zero-order chi connectivity index (χ0) is 19.3. The molecule has 0 saturated heterocycles. The third kappa shape index (κ3) is 3.16. The number of pyridine rings is 1. The summed E-state index contributed by atoms with van der Waals surface area (Å²) in [4.78, 5) is 29.8. The Morgan fingerprint density at radius 3 is 2.85 bits per heavy atom. The third-order valence-corrected chi connectivity index (χ3v) is 5.33. The van der Waals surface area contributed by atoms with E-state index in [9.17, 15) is 9.59 Å². The molecule has 0 bridgehead atoms. The van der Waals surface area contributed by atoms with Crippen LogP contribution in [0.5, 0.6) is 0 Å². The number of aromatic nitrogens is 2. The van der Waals surface area contributed by atoms with Crippen molar-refractivity contribution in [2.45, 2.75) is 40.0 Å². The van der Waals surface area contributed by atoms with Crippen LogP contribution in [0.1, 0.15) is 47.8 Å². The second-order valence-electron chi connectivity index (χ2n) is 8.10. The highest BCUT2D eigenvalue weighted by atomic mass is 16.3. The van der Waals surface area contributed by atoms with Gasteiger partial charge in [-0.25, -0.2) is 4.98 Å². The second kappa shape index (κ2) is 6.08. The molecule has 27 heavy (non-hydrogen) atoms. The van der Waals surface area contributed by atoms with E-state index in [1.165, 1.54) is 0 Å². The number of aryl methyl sites for hydroxylation is 1. The first-order valence-corrected chi connectivity index (χ1v) is 9.14. The van der Waals surface area contributed by atoms with Crippen LogP contribution >= 0.6 is 0 Å². The smallest absolute Gasteiger partial charge is 0.263 e. The van der Waals surface area contributed by atoms with Crippen molar-refractivity contribution in [3.05, 3.63) is 57.3 Å². The molecule has 4 rings (SSSR count). The fourth-order valence-corrected chi connectivity index (χ4v) is 3.86. The van der Waals surface area contributed by atoms with E-state index in [1.807, 2.05) is 0 Å². The molecule has 0 atom stereocenters. The van der Waals surface area contributed by atoms with Gasteiger partial charge >= 0.3 is 0 Å². The van der Waals surface area contributed by atoms with Gasteiger partial charge in [0.15, 0.2) is 11.5 Å². The molecule has 1 N–H and O–H groups in total. The minimum Gasteiger partial charge on any atom is -0.441 e. The number of fused-ring (bicyclic) bond motifs is 2. The van der Waals surface area contributed by atoms with Gasteiger partial charge in [-0.15, -0.1) is 0 Å². The summed E-state index contributed by atoms with van der Waals surface area (Å²) in [6, 6.07) is 7.04. The number of benzene rings is 1. The highest BCUT2D eigenvalue weighted by molar-refractivity contribution is 6.04. The molecule has 1 aliphatic rings. The van der Waals surface area contributed by atoms with Crippen LogP contribution < -0.4 is 10.9 Å². The number of hydrogen-bond donors (Lipinski definition) is 1. The largest absolute Gasteiger partial charge is 0.441 e. The fourth-order valence-electron chi connectivity index (χ4n) is 3.86. The van der Waals surface area contributed by atoms with E-state index in [-0.39, 0.29) is 16.5 Å². The maximum absolute atomic E-state index is 12.8. The summed E-state index contributed by atoms with van der Waals surface area (Å²) in [5, 5.41) is 2.82. The number of amides is 1. The minimum atomic E-state index is -0.405. The normalized spacial score (nSPS) is 15.6. The van der Waals surface area contributed by atoms with Crippen molar-refractivity contribution < 1.29 is 9.21 Å². The van der Waals surface area contributed by atoms with Gasteiger partial charge in [-0.3, -0.25) is 9.59 Å². The van der Waals surface area contributed by atoms with Crippen LogP contribution in [0.2, 0.25) is 0 Å². The lowest BCUT2D eigenvalue weighted by Crippen LogP contribution is -2.34. The molecule has 1 amide bonds. The lowest BCUT2D eigenvalue weighted by Gasteiger charge is -2.32. The molecular formula is C21H23N3O3. The summed E-state index contributed by atoms with van der Waals surface area (Å²) in [5.74, 6) is 0.164. The Morgan fingerprint density at radius 1 is 1.30 bits per heavy atom. The van der Waals surface area contributed by atoms with Crippen molar-refractivity contribution in [2.24, 2.45) is 12.5 Å². The van der Waals surface area contributed by atoms with Gasteiger partial charge in [-0.05, 0) is 48.4 Å². The molecular weight excluding hydrogens is 342 g/mol. The molecule has 6 nitrogen and oxygen atoms in total. The molecule has 0 fully saturated rings. The van der Waals surface area contributed by atoms with Gasteiger partial charge in [0.2, 0.25) is 0 Å². The summed E-state index contributed by atoms with van der Waals surface area (Å²) in [6.07, 6.45) is 2.76. The quantitative estimate of drug-likeness (QED) is 0.753. The average molecular weight is 365 g/mol. The summed E-state index contributed by atoms with van der Waals surface area (Å²) >= 11 is 0. The first kappa shape index (κ1) is 17.5. The third-order valence-electron chi connectivity index (χ3n) is 5.33. The highest BCUT2D eigenvalue weighted by Crippen LogP contribution is 2.34. The maximum Gasteiger partial charge on any atom is 0.263 e. The van der Waals surface area contributed by atoms with Crippen LogP contribution in [0.4, 0.5) is 5.69 Å². The standard InChI is InChI=1S/C21H23N3O3/c1-12-22-16-6-5-14(10-18(16)27-12)23-19(25)15-9-13-11-21(2,3)8-7-17(13)24(4)20(15)26/h5-6,9-10H,7-8,11H2,1-4H3,(H,23,25). The lowest BCUT2D eigenvalue weighted by atomic mass is 9.75. The van der Waals surface area contributed by atoms with Crippen molar-refractivity contribution in [3.8, 4) is 0 Å². The highest BCUT2D eigenvalue weighted by Gasteiger charge is 2.28. The summed E-state index contributed by atoms with van der Waals surface area (Å²) in [5.41, 5.74) is 4.11. The van der Waals surface area contributed by atoms with Crippen molar-refractivity contribution in [1.29, 1.82) is 0 Å². The second-order valence-corrected chi connectivity index (χ2v) is 8.10. The molecule has 0 spiro atoms. The number of hydrogen-bond acceptors (Lipinski definition) is 4. The summed E-state index contributed by atoms with van der Waals surface area (Å²) in [7, 11) is 1.75. The van der Waals surface area contributed by atoms with Crippen LogP contribution in [0.3, 0.4) is 0 Å². The van der Waals surface area contributed by atoms with Gasteiger partial charge in [-0.1, -0.05) is 13.8 Å². The summed E-state index contributed by atoms with van der Waals surface area (Å²) < 4.78 is 7.14. The molecule has 0 saturated carbocycles.